The molecule has 0 aliphatic rings. The van der Waals surface area contributed by atoms with E-state index < -0.39 is 0 Å². The summed E-state index contributed by atoms with van der Waals surface area (Å²) in [5.74, 6) is 0.492. The minimum Gasteiger partial charge on any atom is -0.245 e. The van der Waals surface area contributed by atoms with Gasteiger partial charge in [0.15, 0.2) is 0 Å². The van der Waals surface area contributed by atoms with Crippen molar-refractivity contribution < 1.29 is 0 Å². The summed E-state index contributed by atoms with van der Waals surface area (Å²) < 4.78 is 0. The third-order valence-electron chi connectivity index (χ3n) is 3.10. The first-order valence-electron chi connectivity index (χ1n) is 7.06. The smallest absolute Gasteiger partial charge is 0.244 e. The molecule has 4 heteroatoms. The standard InChI is InChI=1S/C18H16N4/c1-14-12-17(16-10-6-3-7-11-16)21-18(20-14)22-19-13-15-8-4-2-5-9-15/h2-13H,1H3,(H,20,21,22)/b19-13-. The highest BCUT2D eigenvalue weighted by molar-refractivity contribution is 5.79. The zero-order valence-electron chi connectivity index (χ0n) is 12.3. The number of aryl methyl sites for hydroxylation is 1. The molecule has 108 valence electrons. The van der Waals surface area contributed by atoms with Crippen molar-refractivity contribution in [2.75, 3.05) is 5.43 Å². The van der Waals surface area contributed by atoms with Gasteiger partial charge in [-0.2, -0.15) is 5.10 Å². The second-order valence-corrected chi connectivity index (χ2v) is 4.86. The average molecular weight is 288 g/mol. The lowest BCUT2D eigenvalue weighted by atomic mass is 10.1. The topological polar surface area (TPSA) is 50.2 Å². The summed E-state index contributed by atoms with van der Waals surface area (Å²) in [5.41, 5.74) is 6.74. The van der Waals surface area contributed by atoms with Gasteiger partial charge in [0.05, 0.1) is 11.9 Å². The summed E-state index contributed by atoms with van der Waals surface area (Å²) in [4.78, 5) is 8.85. The minimum absolute atomic E-state index is 0.492. The van der Waals surface area contributed by atoms with E-state index in [4.69, 9.17) is 0 Å². The molecular formula is C18H16N4. The largest absolute Gasteiger partial charge is 0.245 e. The van der Waals surface area contributed by atoms with Gasteiger partial charge < -0.3 is 0 Å². The lowest BCUT2D eigenvalue weighted by Gasteiger charge is -2.05. The van der Waals surface area contributed by atoms with E-state index in [-0.39, 0.29) is 0 Å². The Balaban J connectivity index is 1.80. The van der Waals surface area contributed by atoms with Crippen LogP contribution in [0.3, 0.4) is 0 Å². The Hall–Kier alpha value is -3.01. The Labute approximate surface area is 129 Å². The van der Waals surface area contributed by atoms with Gasteiger partial charge in [-0.15, -0.1) is 0 Å². The van der Waals surface area contributed by atoms with Crippen molar-refractivity contribution in [3.8, 4) is 11.3 Å². The Bertz CT molecular complexity index is 768. The number of hydrogen-bond donors (Lipinski definition) is 1. The maximum absolute atomic E-state index is 4.50. The van der Waals surface area contributed by atoms with Crippen LogP contribution in [0.1, 0.15) is 11.3 Å². The lowest BCUT2D eigenvalue weighted by molar-refractivity contribution is 1.08. The normalized spacial score (nSPS) is 10.8. The number of nitrogens with zero attached hydrogens (tertiary/aromatic N) is 3. The zero-order chi connectivity index (χ0) is 15.2. The second-order valence-electron chi connectivity index (χ2n) is 4.86. The summed E-state index contributed by atoms with van der Waals surface area (Å²) in [7, 11) is 0. The number of nitrogens with one attached hydrogen (secondary N) is 1. The van der Waals surface area contributed by atoms with Crippen molar-refractivity contribution in [3.05, 3.63) is 78.0 Å². The molecule has 0 unspecified atom stereocenters. The lowest BCUT2D eigenvalue weighted by Crippen LogP contribution is -2.00. The summed E-state index contributed by atoms with van der Waals surface area (Å²) in [6, 6.07) is 21.9. The Morgan fingerprint density at radius 2 is 1.59 bits per heavy atom. The van der Waals surface area contributed by atoms with Gasteiger partial charge in [0, 0.05) is 11.3 Å². The molecule has 0 saturated heterocycles. The first kappa shape index (κ1) is 13.9. The molecule has 22 heavy (non-hydrogen) atoms. The molecule has 1 aromatic heterocycles. The van der Waals surface area contributed by atoms with E-state index in [1.165, 1.54) is 0 Å². The van der Waals surface area contributed by atoms with Crippen molar-refractivity contribution in [1.82, 2.24) is 9.97 Å². The van der Waals surface area contributed by atoms with Crippen LogP contribution in [0.2, 0.25) is 0 Å². The number of benzene rings is 2. The second kappa shape index (κ2) is 6.63. The molecular weight excluding hydrogens is 272 g/mol. The maximum atomic E-state index is 4.50. The molecule has 0 amide bonds. The van der Waals surface area contributed by atoms with Gasteiger partial charge in [-0.05, 0) is 18.6 Å². The molecule has 0 bridgehead atoms. The Morgan fingerprint density at radius 3 is 2.32 bits per heavy atom. The van der Waals surface area contributed by atoms with Gasteiger partial charge in [-0.3, -0.25) is 0 Å². The predicted octanol–water partition coefficient (Wildman–Crippen LogP) is 3.90. The SMILES string of the molecule is Cc1cc(-c2ccccc2)nc(N/N=C\c2ccccc2)n1. The van der Waals surface area contributed by atoms with E-state index in [9.17, 15) is 0 Å². The fourth-order valence-electron chi connectivity index (χ4n) is 2.08. The molecule has 0 fully saturated rings. The first-order valence-corrected chi connectivity index (χ1v) is 7.06. The molecule has 1 heterocycles. The molecule has 3 rings (SSSR count). The van der Waals surface area contributed by atoms with Gasteiger partial charge in [0.25, 0.3) is 0 Å². The van der Waals surface area contributed by atoms with E-state index in [0.717, 1.165) is 22.5 Å². The molecule has 1 N–H and O–H groups in total. The van der Waals surface area contributed by atoms with Crippen LogP contribution < -0.4 is 5.43 Å². The van der Waals surface area contributed by atoms with Gasteiger partial charge in [-0.25, -0.2) is 15.4 Å². The summed E-state index contributed by atoms with van der Waals surface area (Å²) in [6.07, 6.45) is 1.74. The van der Waals surface area contributed by atoms with E-state index in [1.807, 2.05) is 73.7 Å². The number of hydrazone groups is 1. The van der Waals surface area contributed by atoms with Gasteiger partial charge >= 0.3 is 0 Å². The summed E-state index contributed by atoms with van der Waals surface area (Å²) in [5, 5.41) is 4.19. The van der Waals surface area contributed by atoms with Gasteiger partial charge in [-0.1, -0.05) is 60.7 Å². The molecule has 0 aliphatic heterocycles. The fraction of sp³-hybridized carbons (Fsp3) is 0.0556. The van der Waals surface area contributed by atoms with E-state index in [0.29, 0.717) is 5.95 Å². The maximum Gasteiger partial charge on any atom is 0.244 e. The number of anilines is 1. The van der Waals surface area contributed by atoms with Crippen LogP contribution in [0, 0.1) is 6.92 Å². The van der Waals surface area contributed by atoms with Crippen molar-refractivity contribution >= 4 is 12.2 Å². The zero-order valence-corrected chi connectivity index (χ0v) is 12.3. The van der Waals surface area contributed by atoms with Crippen molar-refractivity contribution in [3.63, 3.8) is 0 Å². The van der Waals surface area contributed by atoms with E-state index >= 15 is 0 Å². The number of rotatable bonds is 4. The number of aromatic nitrogens is 2. The average Bonchev–Trinajstić information content (AvgIpc) is 2.56. The van der Waals surface area contributed by atoms with Crippen LogP contribution >= 0.6 is 0 Å². The molecule has 0 atom stereocenters. The summed E-state index contributed by atoms with van der Waals surface area (Å²) >= 11 is 0. The summed E-state index contributed by atoms with van der Waals surface area (Å²) in [6.45, 7) is 1.94. The molecule has 0 radical (unpaired) electrons. The van der Waals surface area contributed by atoms with Crippen LogP contribution in [0.25, 0.3) is 11.3 Å². The van der Waals surface area contributed by atoms with Crippen LogP contribution in [0.5, 0.6) is 0 Å². The third-order valence-corrected chi connectivity index (χ3v) is 3.10. The van der Waals surface area contributed by atoms with Crippen LogP contribution in [0.4, 0.5) is 5.95 Å². The third kappa shape index (κ3) is 3.55. The Kier molecular flexibility index (Phi) is 4.20. The fourth-order valence-corrected chi connectivity index (χ4v) is 2.08. The highest BCUT2D eigenvalue weighted by atomic mass is 15.3. The van der Waals surface area contributed by atoms with E-state index in [2.05, 4.69) is 20.5 Å². The van der Waals surface area contributed by atoms with E-state index in [1.54, 1.807) is 6.21 Å². The van der Waals surface area contributed by atoms with Crippen molar-refractivity contribution in [1.29, 1.82) is 0 Å². The van der Waals surface area contributed by atoms with Crippen LogP contribution in [-0.2, 0) is 0 Å². The molecule has 0 aliphatic carbocycles. The molecule has 3 aromatic rings. The molecule has 2 aromatic carbocycles. The monoisotopic (exact) mass is 288 g/mol. The van der Waals surface area contributed by atoms with Crippen LogP contribution in [0.15, 0.2) is 71.8 Å². The van der Waals surface area contributed by atoms with Gasteiger partial charge in [0.2, 0.25) is 5.95 Å². The Morgan fingerprint density at radius 1 is 0.909 bits per heavy atom. The first-order chi connectivity index (χ1) is 10.8. The van der Waals surface area contributed by atoms with Crippen molar-refractivity contribution in [2.24, 2.45) is 5.10 Å². The van der Waals surface area contributed by atoms with Crippen LogP contribution in [-0.4, -0.2) is 16.2 Å². The molecule has 0 saturated carbocycles. The molecule has 4 nitrogen and oxygen atoms in total. The number of hydrogen-bond acceptors (Lipinski definition) is 4. The van der Waals surface area contributed by atoms with Gasteiger partial charge in [0.1, 0.15) is 0 Å². The van der Waals surface area contributed by atoms with Crippen molar-refractivity contribution in [2.45, 2.75) is 6.92 Å². The highest BCUT2D eigenvalue weighted by Gasteiger charge is 2.03. The quantitative estimate of drug-likeness (QED) is 0.585. The molecule has 0 spiro atoms. The highest BCUT2D eigenvalue weighted by Crippen LogP contribution is 2.18. The minimum atomic E-state index is 0.492. The predicted molar refractivity (Wildman–Crippen MR) is 89.9 cm³/mol.